The molecule has 2 aromatic rings. The average molecular weight is 448 g/mol. The molecule has 1 N–H and O–H groups in total. The van der Waals surface area contributed by atoms with Gasteiger partial charge in [-0.05, 0) is 105 Å². The second-order valence-electron chi connectivity index (χ2n) is 9.60. The summed E-state index contributed by atoms with van der Waals surface area (Å²) in [4.78, 5) is 29.8. The number of benzene rings is 2. The molecule has 0 radical (unpaired) electrons. The summed E-state index contributed by atoms with van der Waals surface area (Å²) in [5.74, 6) is -0.498. The van der Waals surface area contributed by atoms with Gasteiger partial charge in [-0.15, -0.1) is 0 Å². The summed E-state index contributed by atoms with van der Waals surface area (Å²) in [7, 11) is 2.11. The Labute approximate surface area is 195 Å². The molecule has 1 fully saturated rings. The van der Waals surface area contributed by atoms with E-state index in [1.165, 1.54) is 16.2 Å². The Hall–Kier alpha value is -2.99. The van der Waals surface area contributed by atoms with Crippen molar-refractivity contribution in [3.63, 3.8) is 0 Å². The van der Waals surface area contributed by atoms with Gasteiger partial charge in [-0.3, -0.25) is 19.8 Å². The highest BCUT2D eigenvalue weighted by molar-refractivity contribution is 7.80. The molecule has 32 heavy (non-hydrogen) atoms. The number of carbonyl (C=O) groups is 2. The number of carbonyl (C=O) groups excluding carboxylic acids is 2. The van der Waals surface area contributed by atoms with Crippen LogP contribution in [-0.2, 0) is 9.59 Å². The van der Waals surface area contributed by atoms with Crippen molar-refractivity contribution in [1.29, 1.82) is 0 Å². The smallest absolute Gasteiger partial charge is 0.270 e. The van der Waals surface area contributed by atoms with Gasteiger partial charge in [0, 0.05) is 18.3 Å². The quantitative estimate of drug-likeness (QED) is 0.406. The minimum atomic E-state index is -0.468. The number of anilines is 2. The van der Waals surface area contributed by atoms with Crippen molar-refractivity contribution in [2.24, 2.45) is 0 Å². The molecule has 0 aromatic heterocycles. The zero-order valence-corrected chi connectivity index (χ0v) is 20.3. The molecule has 2 heterocycles. The first kappa shape index (κ1) is 22.2. The number of amides is 2. The topological polar surface area (TPSA) is 52.7 Å². The number of nitrogens with one attached hydrogen (secondary N) is 1. The molecule has 0 saturated carbocycles. The minimum absolute atomic E-state index is 0.0771. The van der Waals surface area contributed by atoms with Crippen LogP contribution in [0.15, 0.2) is 42.0 Å². The number of hydrogen-bond donors (Lipinski definition) is 1. The Morgan fingerprint density at radius 1 is 1.09 bits per heavy atom. The number of aryl methyl sites for hydroxylation is 2. The Morgan fingerprint density at radius 3 is 2.41 bits per heavy atom. The van der Waals surface area contributed by atoms with Gasteiger partial charge in [0.05, 0.1) is 5.69 Å². The van der Waals surface area contributed by atoms with Crippen LogP contribution in [0, 0.1) is 13.8 Å². The van der Waals surface area contributed by atoms with Gasteiger partial charge in [0.2, 0.25) is 0 Å². The van der Waals surface area contributed by atoms with Gasteiger partial charge < -0.3 is 4.90 Å². The second kappa shape index (κ2) is 7.85. The highest BCUT2D eigenvalue weighted by Gasteiger charge is 2.36. The summed E-state index contributed by atoms with van der Waals surface area (Å²) in [6.07, 6.45) is 2.70. The maximum absolute atomic E-state index is 13.4. The molecule has 2 amide bonds. The first-order chi connectivity index (χ1) is 15.0. The lowest BCUT2D eigenvalue weighted by Crippen LogP contribution is -2.54. The van der Waals surface area contributed by atoms with E-state index in [0.29, 0.717) is 11.6 Å². The van der Waals surface area contributed by atoms with Gasteiger partial charge in [0.15, 0.2) is 5.11 Å². The Morgan fingerprint density at radius 2 is 1.75 bits per heavy atom. The largest absolute Gasteiger partial charge is 0.369 e. The van der Waals surface area contributed by atoms with Gasteiger partial charge in [0.25, 0.3) is 11.8 Å². The summed E-state index contributed by atoms with van der Waals surface area (Å²) in [5, 5.41) is 2.78. The molecule has 1 atom stereocenters. The predicted octanol–water partition coefficient (Wildman–Crippen LogP) is 4.86. The van der Waals surface area contributed by atoms with Crippen molar-refractivity contribution < 1.29 is 9.59 Å². The standard InChI is InChI=1S/C26H29N3O2S/c1-15-9-16(2)11-19(10-15)29-24(31)21(23(30)27-25(29)32)13-18-7-8-22-20(12-18)17(3)14-26(4,5)28(22)6/h7-13,17H,14H2,1-6H3,(H,27,30,32)/b21-13+. The fourth-order valence-electron chi connectivity index (χ4n) is 4.82. The number of rotatable bonds is 2. The van der Waals surface area contributed by atoms with Crippen molar-refractivity contribution in [3.05, 3.63) is 64.2 Å². The molecular weight excluding hydrogens is 418 g/mol. The molecule has 6 heteroatoms. The van der Waals surface area contributed by atoms with Crippen LogP contribution in [0.3, 0.4) is 0 Å². The van der Waals surface area contributed by atoms with Crippen molar-refractivity contribution in [3.8, 4) is 0 Å². The van der Waals surface area contributed by atoms with E-state index in [1.807, 2.05) is 38.1 Å². The van der Waals surface area contributed by atoms with Crippen LogP contribution in [0.2, 0.25) is 0 Å². The molecule has 2 aliphatic heterocycles. The highest BCUT2D eigenvalue weighted by atomic mass is 32.1. The van der Waals surface area contributed by atoms with Gasteiger partial charge in [-0.25, -0.2) is 0 Å². The summed E-state index contributed by atoms with van der Waals surface area (Å²) < 4.78 is 0. The lowest BCUT2D eigenvalue weighted by molar-refractivity contribution is -0.122. The lowest BCUT2D eigenvalue weighted by atomic mass is 9.80. The molecular formula is C26H29N3O2S. The first-order valence-corrected chi connectivity index (χ1v) is 11.3. The van der Waals surface area contributed by atoms with E-state index in [0.717, 1.165) is 23.1 Å². The third-order valence-electron chi connectivity index (χ3n) is 6.53. The van der Waals surface area contributed by atoms with Crippen LogP contribution in [0.25, 0.3) is 6.08 Å². The van der Waals surface area contributed by atoms with Gasteiger partial charge in [-0.2, -0.15) is 0 Å². The molecule has 1 saturated heterocycles. The van der Waals surface area contributed by atoms with E-state index in [-0.39, 0.29) is 16.2 Å². The van der Waals surface area contributed by atoms with Crippen molar-refractivity contribution >= 4 is 46.6 Å². The zero-order valence-electron chi connectivity index (χ0n) is 19.4. The second-order valence-corrected chi connectivity index (χ2v) is 9.99. The van der Waals surface area contributed by atoms with Crippen LogP contribution in [0.4, 0.5) is 11.4 Å². The number of nitrogens with zero attached hydrogens (tertiary/aromatic N) is 2. The number of fused-ring (bicyclic) bond motifs is 1. The highest BCUT2D eigenvalue weighted by Crippen LogP contribution is 2.42. The van der Waals surface area contributed by atoms with Gasteiger partial charge in [-0.1, -0.05) is 19.1 Å². The van der Waals surface area contributed by atoms with Crippen molar-refractivity contribution in [1.82, 2.24) is 5.32 Å². The summed E-state index contributed by atoms with van der Waals surface area (Å²) in [6, 6.07) is 12.0. The van der Waals surface area contributed by atoms with E-state index in [1.54, 1.807) is 6.08 Å². The fourth-order valence-corrected chi connectivity index (χ4v) is 5.10. The van der Waals surface area contributed by atoms with Crippen LogP contribution >= 0.6 is 12.2 Å². The molecule has 0 spiro atoms. The van der Waals surface area contributed by atoms with Gasteiger partial charge in [0.1, 0.15) is 5.57 Å². The van der Waals surface area contributed by atoms with E-state index in [4.69, 9.17) is 12.2 Å². The molecule has 0 bridgehead atoms. The number of thiocarbonyl (C=S) groups is 1. The van der Waals surface area contributed by atoms with E-state index >= 15 is 0 Å². The van der Waals surface area contributed by atoms with Crippen molar-refractivity contribution in [2.45, 2.75) is 52.5 Å². The van der Waals surface area contributed by atoms with Crippen LogP contribution in [0.1, 0.15) is 55.4 Å². The number of hydrogen-bond acceptors (Lipinski definition) is 4. The predicted molar refractivity (Wildman–Crippen MR) is 134 cm³/mol. The maximum atomic E-state index is 13.4. The summed E-state index contributed by atoms with van der Waals surface area (Å²) in [5.41, 5.74) is 6.10. The SMILES string of the molecule is Cc1cc(C)cc(N2C(=O)/C(=C/c3ccc4c(c3)C(C)CC(C)(C)N4C)C(=O)NC2=S)c1. The molecule has 2 aromatic carbocycles. The third-order valence-corrected chi connectivity index (χ3v) is 6.82. The Balaban J connectivity index is 1.74. The molecule has 4 rings (SSSR count). The molecule has 0 aliphatic carbocycles. The van der Waals surface area contributed by atoms with Crippen LogP contribution in [-0.4, -0.2) is 29.5 Å². The molecule has 2 aliphatic rings. The minimum Gasteiger partial charge on any atom is -0.369 e. The fraction of sp³-hybridized carbons (Fsp3) is 0.346. The average Bonchev–Trinajstić information content (AvgIpc) is 2.68. The maximum Gasteiger partial charge on any atom is 0.270 e. The van der Waals surface area contributed by atoms with E-state index in [9.17, 15) is 9.59 Å². The zero-order chi connectivity index (χ0) is 23.4. The Kier molecular flexibility index (Phi) is 5.45. The van der Waals surface area contributed by atoms with Gasteiger partial charge >= 0.3 is 0 Å². The van der Waals surface area contributed by atoms with Crippen LogP contribution in [0.5, 0.6) is 0 Å². The van der Waals surface area contributed by atoms with Crippen LogP contribution < -0.4 is 15.1 Å². The van der Waals surface area contributed by atoms with Crippen molar-refractivity contribution in [2.75, 3.05) is 16.8 Å². The van der Waals surface area contributed by atoms with E-state index < -0.39 is 11.8 Å². The van der Waals surface area contributed by atoms with E-state index in [2.05, 4.69) is 50.2 Å². The lowest BCUT2D eigenvalue weighted by Gasteiger charge is -2.45. The molecule has 166 valence electrons. The monoisotopic (exact) mass is 447 g/mol. The summed E-state index contributed by atoms with van der Waals surface area (Å²) in [6.45, 7) is 10.7. The Bertz CT molecular complexity index is 1160. The molecule has 5 nitrogen and oxygen atoms in total. The normalized spacial score (nSPS) is 21.6. The first-order valence-electron chi connectivity index (χ1n) is 10.9. The summed E-state index contributed by atoms with van der Waals surface area (Å²) >= 11 is 5.34. The third kappa shape index (κ3) is 3.84. The molecule has 1 unspecified atom stereocenters.